The van der Waals surface area contributed by atoms with E-state index in [1.165, 1.54) is 18.3 Å². The van der Waals surface area contributed by atoms with Gasteiger partial charge in [-0.15, -0.1) is 0 Å². The number of nitrogens with one attached hydrogen (secondary N) is 3. The van der Waals surface area contributed by atoms with Crippen LogP contribution in [0.4, 0.5) is 15.9 Å². The molecule has 5 heterocycles. The van der Waals surface area contributed by atoms with Gasteiger partial charge in [0.2, 0.25) is 17.8 Å². The van der Waals surface area contributed by atoms with Crippen LogP contribution < -0.4 is 10.7 Å². The predicted octanol–water partition coefficient (Wildman–Crippen LogP) is 2.17. The lowest BCUT2D eigenvalue weighted by molar-refractivity contribution is -0.119. The van der Waals surface area contributed by atoms with Crippen molar-refractivity contribution in [2.45, 2.75) is 37.6 Å². The Hall–Kier alpha value is -4.27. The Morgan fingerprint density at radius 1 is 1.34 bits per heavy atom. The Morgan fingerprint density at radius 3 is 3.00 bits per heavy atom. The van der Waals surface area contributed by atoms with Crippen LogP contribution in [0.25, 0.3) is 0 Å². The maximum Gasteiger partial charge on any atom is 0.247 e. The Kier molecular flexibility index (Phi) is 5.17. The standard InChI is InChI=1S/C23H23FN10O/c24-19-6-5-15(11-26-19)27-22(35)18-8-13(10-25)12-33(18)23-29-21(17-2-1-7-34(17)32-23)28-20-9-16(30-31-20)14-3-4-14/h2,5-6,9,11,13-14,18H,1,3-4,7-8,12H2,(H,27,35)(H2,28,29,30,31,32)/t13-,18+/m1/s1. The van der Waals surface area contributed by atoms with Crippen molar-refractivity contribution in [1.82, 2.24) is 30.5 Å². The number of nitrogens with zero attached hydrogens (tertiary/aromatic N) is 7. The number of nitriles is 1. The number of rotatable bonds is 4. The van der Waals surface area contributed by atoms with Gasteiger partial charge in [-0.1, -0.05) is 6.08 Å². The van der Waals surface area contributed by atoms with Crippen molar-refractivity contribution >= 4 is 29.2 Å². The first kappa shape index (κ1) is 21.3. The van der Waals surface area contributed by atoms with Gasteiger partial charge in [0.25, 0.3) is 0 Å². The number of fused-ring (bicyclic) bond motifs is 1. The fourth-order valence-corrected chi connectivity index (χ4v) is 4.59. The second-order valence-electron chi connectivity index (χ2n) is 9.06. The van der Waals surface area contributed by atoms with E-state index in [2.05, 4.69) is 38.1 Å². The van der Waals surface area contributed by atoms with Gasteiger partial charge >= 0.3 is 0 Å². The Balaban J connectivity index is 1.29. The fourth-order valence-electron chi connectivity index (χ4n) is 4.59. The summed E-state index contributed by atoms with van der Waals surface area (Å²) in [4.78, 5) is 28.0. The van der Waals surface area contributed by atoms with Crippen LogP contribution >= 0.6 is 0 Å². The van der Waals surface area contributed by atoms with E-state index in [9.17, 15) is 14.4 Å². The SMILES string of the molecule is N#C[C@H]1C[C@@H](C(=O)Nc2ccc(F)nc2)N(C2=NC(=Nc3cc(C4CC4)[nH]n3)C3=CCCN3N2)C1. The molecule has 178 valence electrons. The Morgan fingerprint density at radius 2 is 2.23 bits per heavy atom. The van der Waals surface area contributed by atoms with E-state index in [4.69, 9.17) is 9.98 Å². The third-order valence-corrected chi connectivity index (χ3v) is 6.53. The summed E-state index contributed by atoms with van der Waals surface area (Å²) < 4.78 is 13.2. The maximum atomic E-state index is 13.2. The first-order chi connectivity index (χ1) is 17.1. The zero-order valence-electron chi connectivity index (χ0n) is 18.8. The number of amidine groups is 1. The quantitative estimate of drug-likeness (QED) is 0.578. The number of amides is 1. The largest absolute Gasteiger partial charge is 0.328 e. The van der Waals surface area contributed by atoms with Gasteiger partial charge in [-0.3, -0.25) is 20.3 Å². The molecule has 1 saturated heterocycles. The summed E-state index contributed by atoms with van der Waals surface area (Å²) in [5, 5.41) is 21.7. The number of H-pyrrole nitrogens is 1. The molecule has 2 aromatic rings. The molecule has 1 aliphatic carbocycles. The lowest BCUT2D eigenvalue weighted by Gasteiger charge is -2.35. The molecule has 0 radical (unpaired) electrons. The van der Waals surface area contributed by atoms with Gasteiger partial charge in [-0.25, -0.2) is 9.98 Å². The maximum absolute atomic E-state index is 13.2. The molecule has 4 aliphatic rings. The van der Waals surface area contributed by atoms with Crippen LogP contribution in [-0.4, -0.2) is 61.9 Å². The minimum atomic E-state index is -0.641. The normalized spacial score (nSPS) is 24.5. The molecule has 0 aromatic carbocycles. The number of aromatic amines is 1. The van der Waals surface area contributed by atoms with Crippen molar-refractivity contribution in [1.29, 1.82) is 5.26 Å². The topological polar surface area (TPSA) is 138 Å². The highest BCUT2D eigenvalue weighted by molar-refractivity contribution is 6.09. The second kappa shape index (κ2) is 8.50. The zero-order valence-corrected chi connectivity index (χ0v) is 18.8. The van der Waals surface area contributed by atoms with Crippen molar-refractivity contribution < 1.29 is 9.18 Å². The number of hydrogen-bond donors (Lipinski definition) is 3. The van der Waals surface area contributed by atoms with E-state index >= 15 is 0 Å². The molecule has 0 unspecified atom stereocenters. The summed E-state index contributed by atoms with van der Waals surface area (Å²) in [7, 11) is 0. The third-order valence-electron chi connectivity index (χ3n) is 6.53. The molecule has 11 nitrogen and oxygen atoms in total. The predicted molar refractivity (Wildman–Crippen MR) is 125 cm³/mol. The number of aromatic nitrogens is 3. The van der Waals surface area contributed by atoms with E-state index in [0.717, 1.165) is 37.2 Å². The minimum Gasteiger partial charge on any atom is -0.328 e. The molecule has 12 heteroatoms. The summed E-state index contributed by atoms with van der Waals surface area (Å²) in [6.45, 7) is 1.07. The summed E-state index contributed by atoms with van der Waals surface area (Å²) in [5.74, 6) is 0.776. The van der Waals surface area contributed by atoms with Crippen LogP contribution in [0.15, 0.2) is 46.2 Å². The van der Waals surface area contributed by atoms with E-state index in [1.54, 1.807) is 4.90 Å². The molecule has 2 atom stereocenters. The lowest BCUT2D eigenvalue weighted by atomic mass is 10.1. The van der Waals surface area contributed by atoms with Gasteiger partial charge in [0.05, 0.1) is 29.6 Å². The van der Waals surface area contributed by atoms with Gasteiger partial charge in [0.15, 0.2) is 11.7 Å². The van der Waals surface area contributed by atoms with Crippen molar-refractivity contribution in [3.05, 3.63) is 47.8 Å². The van der Waals surface area contributed by atoms with Crippen LogP contribution in [0.5, 0.6) is 0 Å². The van der Waals surface area contributed by atoms with E-state index in [0.29, 0.717) is 42.2 Å². The minimum absolute atomic E-state index is 0.316. The number of likely N-dealkylation sites (tertiary alicyclic amines) is 1. The summed E-state index contributed by atoms with van der Waals surface area (Å²) in [6.07, 6.45) is 6.83. The molecule has 2 aromatic heterocycles. The number of guanidine groups is 1. The molecule has 3 aliphatic heterocycles. The van der Waals surface area contributed by atoms with E-state index in [-0.39, 0.29) is 11.8 Å². The molecule has 3 N–H and O–H groups in total. The second-order valence-corrected chi connectivity index (χ2v) is 9.06. The van der Waals surface area contributed by atoms with Crippen LogP contribution in [0, 0.1) is 23.2 Å². The Labute approximate surface area is 200 Å². The molecule has 1 saturated carbocycles. The first-order valence-corrected chi connectivity index (χ1v) is 11.6. The number of carbonyl (C=O) groups excluding carboxylic acids is 1. The van der Waals surface area contributed by atoms with Crippen LogP contribution in [0.1, 0.15) is 37.3 Å². The smallest absolute Gasteiger partial charge is 0.247 e. The van der Waals surface area contributed by atoms with Gasteiger partial charge in [-0.05, 0) is 37.8 Å². The highest BCUT2D eigenvalue weighted by atomic mass is 19.1. The summed E-state index contributed by atoms with van der Waals surface area (Å²) in [5.41, 5.74) is 5.62. The lowest BCUT2D eigenvalue weighted by Crippen LogP contribution is -2.56. The molecule has 35 heavy (non-hydrogen) atoms. The van der Waals surface area contributed by atoms with Crippen molar-refractivity contribution in [3.63, 3.8) is 0 Å². The monoisotopic (exact) mass is 474 g/mol. The average Bonchev–Trinajstić information content (AvgIpc) is 3.24. The number of hydrogen-bond acceptors (Lipinski definition) is 8. The molecule has 1 amide bonds. The highest BCUT2D eigenvalue weighted by Crippen LogP contribution is 2.40. The summed E-state index contributed by atoms with van der Waals surface area (Å²) in [6, 6.07) is 6.21. The van der Waals surface area contributed by atoms with Crippen molar-refractivity contribution in [2.24, 2.45) is 15.9 Å². The number of pyridine rings is 1. The number of aliphatic imine (C=N–C) groups is 2. The van der Waals surface area contributed by atoms with E-state index < -0.39 is 12.0 Å². The van der Waals surface area contributed by atoms with Crippen molar-refractivity contribution in [3.8, 4) is 6.07 Å². The van der Waals surface area contributed by atoms with Gasteiger partial charge in [0.1, 0.15) is 6.04 Å². The zero-order chi connectivity index (χ0) is 23.9. The van der Waals surface area contributed by atoms with Crippen LogP contribution in [0.2, 0.25) is 0 Å². The van der Waals surface area contributed by atoms with Gasteiger partial charge < -0.3 is 10.2 Å². The Bertz CT molecular complexity index is 1290. The van der Waals surface area contributed by atoms with E-state index in [1.807, 2.05) is 11.1 Å². The molecule has 6 rings (SSSR count). The van der Waals surface area contributed by atoms with Gasteiger partial charge in [0, 0.05) is 30.8 Å². The van der Waals surface area contributed by atoms with Crippen LogP contribution in [-0.2, 0) is 4.79 Å². The summed E-state index contributed by atoms with van der Waals surface area (Å²) >= 11 is 0. The molecule has 0 bridgehead atoms. The number of anilines is 1. The average molecular weight is 475 g/mol. The molecular formula is C23H23FN10O. The van der Waals surface area contributed by atoms with Crippen molar-refractivity contribution in [2.75, 3.05) is 18.4 Å². The van der Waals surface area contributed by atoms with Gasteiger partial charge in [-0.2, -0.15) is 19.7 Å². The number of carbonyl (C=O) groups is 1. The molecular weight excluding hydrogens is 451 g/mol. The third kappa shape index (κ3) is 4.21. The first-order valence-electron chi connectivity index (χ1n) is 11.6. The fraction of sp³-hybridized carbons (Fsp3) is 0.391. The molecule has 0 spiro atoms. The number of halogens is 1. The highest BCUT2D eigenvalue weighted by Gasteiger charge is 2.41. The number of hydrazine groups is 1. The molecule has 2 fully saturated rings. The van der Waals surface area contributed by atoms with Crippen LogP contribution in [0.3, 0.4) is 0 Å².